The van der Waals surface area contributed by atoms with Crippen LogP contribution in [0.25, 0.3) is 0 Å². The molecule has 0 amide bonds. The van der Waals surface area contributed by atoms with Gasteiger partial charge in [0.15, 0.2) is 0 Å². The molecule has 0 spiro atoms. The van der Waals surface area contributed by atoms with Gasteiger partial charge in [-0.25, -0.2) is 4.39 Å². The van der Waals surface area contributed by atoms with E-state index in [0.717, 1.165) is 38.0 Å². The van der Waals surface area contributed by atoms with Crippen LogP contribution in [-0.4, -0.2) is 35.2 Å². The van der Waals surface area contributed by atoms with Crippen LogP contribution in [0.5, 0.6) is 0 Å². The molecule has 1 aliphatic heterocycles. The van der Waals surface area contributed by atoms with Crippen molar-refractivity contribution in [2.24, 2.45) is 5.92 Å². The molecule has 0 atom stereocenters. The second kappa shape index (κ2) is 6.89. The smallest absolute Gasteiger partial charge is 0.123 e. The Labute approximate surface area is 149 Å². The molecule has 0 radical (unpaired) electrons. The van der Waals surface area contributed by atoms with Crippen LogP contribution < -0.4 is 0 Å². The first-order chi connectivity index (χ1) is 12.1. The van der Waals surface area contributed by atoms with E-state index in [4.69, 9.17) is 0 Å². The quantitative estimate of drug-likeness (QED) is 0.920. The lowest BCUT2D eigenvalue weighted by Crippen LogP contribution is -2.47. The number of hydrogen-bond donors (Lipinski definition) is 1. The van der Waals surface area contributed by atoms with Gasteiger partial charge >= 0.3 is 0 Å². The van der Waals surface area contributed by atoms with E-state index >= 15 is 0 Å². The first-order valence-electron chi connectivity index (χ1n) is 9.36. The van der Waals surface area contributed by atoms with Gasteiger partial charge in [-0.1, -0.05) is 36.4 Å². The first-order valence-corrected chi connectivity index (χ1v) is 9.36. The molecule has 3 heteroatoms. The highest BCUT2D eigenvalue weighted by atomic mass is 19.1. The monoisotopic (exact) mass is 339 g/mol. The number of piperidine rings is 1. The van der Waals surface area contributed by atoms with Gasteiger partial charge in [-0.05, 0) is 60.4 Å². The predicted octanol–water partition coefficient (Wildman–Crippen LogP) is 3.61. The van der Waals surface area contributed by atoms with E-state index in [9.17, 15) is 9.50 Å². The number of nitrogens with zero attached hydrogens (tertiary/aromatic N) is 1. The highest BCUT2D eigenvalue weighted by molar-refractivity contribution is 5.32. The van der Waals surface area contributed by atoms with Gasteiger partial charge in [-0.2, -0.15) is 0 Å². The third-order valence-corrected chi connectivity index (χ3v) is 5.89. The highest BCUT2D eigenvalue weighted by Crippen LogP contribution is 2.30. The molecule has 2 aromatic rings. The Morgan fingerprint density at radius 3 is 2.16 bits per heavy atom. The molecule has 1 heterocycles. The van der Waals surface area contributed by atoms with Crippen LogP contribution >= 0.6 is 0 Å². The van der Waals surface area contributed by atoms with Crippen molar-refractivity contribution in [2.45, 2.75) is 37.7 Å². The van der Waals surface area contributed by atoms with Crippen molar-refractivity contribution in [3.8, 4) is 0 Å². The van der Waals surface area contributed by atoms with Gasteiger partial charge < -0.3 is 10.0 Å². The molecule has 1 saturated heterocycles. The average molecular weight is 339 g/mol. The summed E-state index contributed by atoms with van der Waals surface area (Å²) in [5.74, 6) is 0.490. The van der Waals surface area contributed by atoms with Crippen molar-refractivity contribution < 1.29 is 9.50 Å². The maximum atomic E-state index is 13.0. The maximum absolute atomic E-state index is 13.0. The average Bonchev–Trinajstić information content (AvgIpc) is 3.02. The van der Waals surface area contributed by atoms with Crippen LogP contribution in [0.2, 0.25) is 0 Å². The standard InChI is InChI=1S/C22H26FNO/c23-21-7-5-17(6-8-21)15-22(25)9-11-24(12-10-22)16-18-13-19-3-1-2-4-20(19)14-18/h1-8,18,25H,9-16H2. The summed E-state index contributed by atoms with van der Waals surface area (Å²) in [7, 11) is 0. The lowest BCUT2D eigenvalue weighted by atomic mass is 9.85. The summed E-state index contributed by atoms with van der Waals surface area (Å²) in [4.78, 5) is 2.51. The molecule has 1 aliphatic carbocycles. The number of fused-ring (bicyclic) bond motifs is 1. The van der Waals surface area contributed by atoms with Gasteiger partial charge in [0.1, 0.15) is 5.82 Å². The van der Waals surface area contributed by atoms with Crippen LogP contribution in [0, 0.1) is 11.7 Å². The van der Waals surface area contributed by atoms with Crippen LogP contribution in [-0.2, 0) is 19.3 Å². The Kier molecular flexibility index (Phi) is 4.61. The lowest BCUT2D eigenvalue weighted by Gasteiger charge is -2.39. The van der Waals surface area contributed by atoms with Crippen LogP contribution in [0.1, 0.15) is 29.5 Å². The molecular formula is C22H26FNO. The predicted molar refractivity (Wildman–Crippen MR) is 98.1 cm³/mol. The summed E-state index contributed by atoms with van der Waals surface area (Å²) in [5, 5.41) is 10.9. The molecule has 2 nitrogen and oxygen atoms in total. The maximum Gasteiger partial charge on any atom is 0.123 e. The molecule has 1 fully saturated rings. The van der Waals surface area contributed by atoms with Crippen molar-refractivity contribution >= 4 is 0 Å². The summed E-state index contributed by atoms with van der Waals surface area (Å²) in [6.07, 6.45) is 4.59. The number of benzene rings is 2. The van der Waals surface area contributed by atoms with Crippen molar-refractivity contribution in [1.82, 2.24) is 4.90 Å². The number of hydrogen-bond acceptors (Lipinski definition) is 2. The van der Waals surface area contributed by atoms with Gasteiger partial charge in [-0.3, -0.25) is 0 Å². The molecule has 25 heavy (non-hydrogen) atoms. The molecule has 1 N–H and O–H groups in total. The number of aliphatic hydroxyl groups is 1. The fourth-order valence-electron chi connectivity index (χ4n) is 4.46. The van der Waals surface area contributed by atoms with Crippen molar-refractivity contribution in [2.75, 3.05) is 19.6 Å². The first kappa shape index (κ1) is 16.7. The zero-order valence-electron chi connectivity index (χ0n) is 14.6. The third kappa shape index (κ3) is 3.94. The Morgan fingerprint density at radius 1 is 0.960 bits per heavy atom. The van der Waals surface area contributed by atoms with Gasteiger partial charge in [0.05, 0.1) is 5.60 Å². The van der Waals surface area contributed by atoms with Gasteiger partial charge in [0.2, 0.25) is 0 Å². The molecule has 2 aromatic carbocycles. The number of rotatable bonds is 4. The molecule has 0 saturated carbocycles. The highest BCUT2D eigenvalue weighted by Gasteiger charge is 2.33. The topological polar surface area (TPSA) is 23.5 Å². The van der Waals surface area contributed by atoms with Crippen LogP contribution in [0.4, 0.5) is 4.39 Å². The fraction of sp³-hybridized carbons (Fsp3) is 0.455. The van der Waals surface area contributed by atoms with E-state index in [0.29, 0.717) is 12.3 Å². The third-order valence-electron chi connectivity index (χ3n) is 5.89. The van der Waals surface area contributed by atoms with E-state index in [2.05, 4.69) is 29.2 Å². The van der Waals surface area contributed by atoms with Crippen LogP contribution in [0.3, 0.4) is 0 Å². The van der Waals surface area contributed by atoms with E-state index in [-0.39, 0.29) is 5.82 Å². The zero-order chi connectivity index (χ0) is 17.3. The summed E-state index contributed by atoms with van der Waals surface area (Å²) in [6, 6.07) is 15.3. The van der Waals surface area contributed by atoms with E-state index in [1.807, 2.05) is 0 Å². The lowest BCUT2D eigenvalue weighted by molar-refractivity contribution is -0.0233. The minimum atomic E-state index is -0.646. The Morgan fingerprint density at radius 2 is 1.56 bits per heavy atom. The van der Waals surface area contributed by atoms with E-state index < -0.39 is 5.60 Å². The SMILES string of the molecule is OC1(Cc2ccc(F)cc2)CCN(CC2Cc3ccccc3C2)CC1. The summed E-state index contributed by atoms with van der Waals surface area (Å²) in [5.41, 5.74) is 3.39. The van der Waals surface area contributed by atoms with Gasteiger partial charge in [0.25, 0.3) is 0 Å². The summed E-state index contributed by atoms with van der Waals surface area (Å²) in [6.45, 7) is 3.02. The largest absolute Gasteiger partial charge is 0.389 e. The van der Waals surface area contributed by atoms with E-state index in [1.165, 1.54) is 36.1 Å². The molecule has 4 rings (SSSR count). The molecule has 2 aliphatic rings. The molecule has 0 bridgehead atoms. The minimum Gasteiger partial charge on any atom is -0.389 e. The fourth-order valence-corrected chi connectivity index (χ4v) is 4.46. The second-order valence-corrected chi connectivity index (χ2v) is 7.87. The summed E-state index contributed by atoms with van der Waals surface area (Å²) < 4.78 is 13.0. The van der Waals surface area contributed by atoms with Gasteiger partial charge in [-0.15, -0.1) is 0 Å². The molecule has 132 valence electrons. The molecule has 0 unspecified atom stereocenters. The zero-order valence-corrected chi connectivity index (χ0v) is 14.6. The van der Waals surface area contributed by atoms with Crippen molar-refractivity contribution in [3.63, 3.8) is 0 Å². The van der Waals surface area contributed by atoms with Crippen molar-refractivity contribution in [3.05, 3.63) is 71.0 Å². The molecular weight excluding hydrogens is 313 g/mol. The number of halogens is 1. The van der Waals surface area contributed by atoms with E-state index in [1.54, 1.807) is 12.1 Å². The van der Waals surface area contributed by atoms with Gasteiger partial charge in [0, 0.05) is 26.1 Å². The Bertz CT molecular complexity index is 694. The normalized spacial score (nSPS) is 20.6. The molecule has 0 aromatic heterocycles. The van der Waals surface area contributed by atoms with Crippen molar-refractivity contribution in [1.29, 1.82) is 0 Å². The minimum absolute atomic E-state index is 0.219. The number of likely N-dealkylation sites (tertiary alicyclic amines) is 1. The second-order valence-electron chi connectivity index (χ2n) is 7.87. The summed E-state index contributed by atoms with van der Waals surface area (Å²) >= 11 is 0. The van der Waals surface area contributed by atoms with Crippen LogP contribution in [0.15, 0.2) is 48.5 Å². The Balaban J connectivity index is 1.29. The Hall–Kier alpha value is -1.71.